The molecule has 2 N–H and O–H groups in total. The van der Waals surface area contributed by atoms with E-state index in [0.717, 1.165) is 0 Å². The highest BCUT2D eigenvalue weighted by Gasteiger charge is 2.17. The first kappa shape index (κ1) is 17.4. The molecule has 3 rings (SSSR count). The van der Waals surface area contributed by atoms with Crippen molar-refractivity contribution in [1.82, 2.24) is 5.32 Å². The van der Waals surface area contributed by atoms with Gasteiger partial charge in [0.05, 0.1) is 11.3 Å². The number of nitrogens with one attached hydrogen (secondary N) is 2. The van der Waals surface area contributed by atoms with Gasteiger partial charge >= 0.3 is 5.63 Å². The van der Waals surface area contributed by atoms with Crippen molar-refractivity contribution in [3.63, 3.8) is 0 Å². The minimum atomic E-state index is -0.731. The topological polar surface area (TPSA) is 88.4 Å². The molecule has 0 aliphatic heterocycles. The summed E-state index contributed by atoms with van der Waals surface area (Å²) in [6, 6.07) is 15.0. The minimum absolute atomic E-state index is 0.0428. The molecule has 132 valence electrons. The quantitative estimate of drug-likeness (QED) is 0.707. The second-order valence-electron chi connectivity index (χ2n) is 6.11. The number of hydrogen-bond donors (Lipinski definition) is 2. The van der Waals surface area contributed by atoms with E-state index in [2.05, 4.69) is 10.6 Å². The number of fused-ring (bicyclic) bond motifs is 1. The van der Waals surface area contributed by atoms with Gasteiger partial charge in [-0.2, -0.15) is 0 Å². The summed E-state index contributed by atoms with van der Waals surface area (Å²) in [7, 11) is 0. The van der Waals surface area contributed by atoms with Crippen molar-refractivity contribution in [2.45, 2.75) is 19.9 Å². The molecule has 2 amide bonds. The number of hydrogen-bond acceptors (Lipinski definition) is 4. The Balaban J connectivity index is 1.93. The summed E-state index contributed by atoms with van der Waals surface area (Å²) in [5, 5.41) is 6.05. The van der Waals surface area contributed by atoms with Crippen LogP contribution in [-0.2, 0) is 0 Å². The molecule has 3 aromatic rings. The van der Waals surface area contributed by atoms with Crippen LogP contribution in [0, 0.1) is 0 Å². The molecule has 1 aromatic heterocycles. The minimum Gasteiger partial charge on any atom is -0.422 e. The predicted molar refractivity (Wildman–Crippen MR) is 99.5 cm³/mol. The van der Waals surface area contributed by atoms with E-state index < -0.39 is 11.5 Å². The second kappa shape index (κ2) is 7.23. The summed E-state index contributed by atoms with van der Waals surface area (Å²) in [6.45, 7) is 3.69. The third kappa shape index (κ3) is 3.64. The van der Waals surface area contributed by atoms with Crippen molar-refractivity contribution < 1.29 is 14.0 Å². The van der Waals surface area contributed by atoms with Gasteiger partial charge in [0.15, 0.2) is 0 Å². The van der Waals surface area contributed by atoms with Crippen LogP contribution in [0.25, 0.3) is 11.0 Å². The Hall–Kier alpha value is -3.41. The van der Waals surface area contributed by atoms with Crippen LogP contribution in [-0.4, -0.2) is 17.9 Å². The van der Waals surface area contributed by atoms with E-state index in [4.69, 9.17) is 4.42 Å². The molecule has 0 aliphatic carbocycles. The van der Waals surface area contributed by atoms with E-state index in [1.165, 1.54) is 6.07 Å². The zero-order valence-electron chi connectivity index (χ0n) is 14.4. The molecule has 0 saturated carbocycles. The lowest BCUT2D eigenvalue weighted by molar-refractivity contribution is 0.0944. The maximum atomic E-state index is 12.6. The number of benzene rings is 2. The van der Waals surface area contributed by atoms with Gasteiger partial charge in [-0.1, -0.05) is 30.3 Å². The van der Waals surface area contributed by atoms with Crippen molar-refractivity contribution in [3.8, 4) is 0 Å². The monoisotopic (exact) mass is 350 g/mol. The van der Waals surface area contributed by atoms with E-state index in [0.29, 0.717) is 22.2 Å². The summed E-state index contributed by atoms with van der Waals surface area (Å²) >= 11 is 0. The van der Waals surface area contributed by atoms with Crippen LogP contribution in [0.5, 0.6) is 0 Å². The average molecular weight is 350 g/mol. The lowest BCUT2D eigenvalue weighted by Gasteiger charge is -2.13. The first-order valence-corrected chi connectivity index (χ1v) is 8.20. The first-order valence-electron chi connectivity index (χ1n) is 8.20. The van der Waals surface area contributed by atoms with Gasteiger partial charge in [-0.05, 0) is 38.1 Å². The van der Waals surface area contributed by atoms with Gasteiger partial charge in [0.2, 0.25) is 0 Å². The van der Waals surface area contributed by atoms with E-state index in [9.17, 15) is 14.4 Å². The molecule has 26 heavy (non-hydrogen) atoms. The van der Waals surface area contributed by atoms with Crippen LogP contribution >= 0.6 is 0 Å². The zero-order valence-corrected chi connectivity index (χ0v) is 14.4. The van der Waals surface area contributed by atoms with Crippen molar-refractivity contribution >= 4 is 28.5 Å². The van der Waals surface area contributed by atoms with Gasteiger partial charge in [-0.25, -0.2) is 4.79 Å². The highest BCUT2D eigenvalue weighted by molar-refractivity contribution is 6.09. The van der Waals surface area contributed by atoms with Gasteiger partial charge in [0.25, 0.3) is 11.8 Å². The lowest BCUT2D eigenvalue weighted by atomic mass is 10.1. The van der Waals surface area contributed by atoms with Crippen molar-refractivity contribution in [2.24, 2.45) is 0 Å². The molecule has 1 heterocycles. The number of carbonyl (C=O) groups is 2. The first-order chi connectivity index (χ1) is 12.5. The highest BCUT2D eigenvalue weighted by Crippen LogP contribution is 2.17. The van der Waals surface area contributed by atoms with Gasteiger partial charge < -0.3 is 15.1 Å². The molecule has 0 radical (unpaired) electrons. The molecule has 0 fully saturated rings. The van der Waals surface area contributed by atoms with Crippen LogP contribution < -0.4 is 16.3 Å². The highest BCUT2D eigenvalue weighted by atomic mass is 16.4. The van der Waals surface area contributed by atoms with Gasteiger partial charge in [0.1, 0.15) is 11.1 Å². The number of anilines is 1. The lowest BCUT2D eigenvalue weighted by Crippen LogP contribution is -2.31. The molecule has 6 heteroatoms. The Labute approximate surface area is 149 Å². The number of amides is 2. The number of rotatable bonds is 4. The summed E-state index contributed by atoms with van der Waals surface area (Å²) in [4.78, 5) is 37.0. The van der Waals surface area contributed by atoms with Crippen LogP contribution in [0.1, 0.15) is 34.6 Å². The largest absolute Gasteiger partial charge is 0.422 e. The van der Waals surface area contributed by atoms with Crippen LogP contribution in [0.15, 0.2) is 63.8 Å². The number of carbonyl (C=O) groups excluding carboxylic acids is 2. The second-order valence-corrected chi connectivity index (χ2v) is 6.11. The summed E-state index contributed by atoms with van der Waals surface area (Å²) < 4.78 is 5.19. The molecule has 2 aromatic carbocycles. The van der Waals surface area contributed by atoms with Crippen molar-refractivity contribution in [2.75, 3.05) is 5.32 Å². The molecule has 0 aliphatic rings. The van der Waals surface area contributed by atoms with Crippen LogP contribution in [0.3, 0.4) is 0 Å². The predicted octanol–water partition coefficient (Wildman–Crippen LogP) is 3.18. The molecule has 0 spiro atoms. The average Bonchev–Trinajstić information content (AvgIpc) is 2.60. The third-order valence-electron chi connectivity index (χ3n) is 3.73. The SMILES string of the molecule is CC(C)NC(=O)c1ccccc1NC(=O)c1cc2ccccc2oc1=O. The molecule has 0 unspecified atom stereocenters. The molecule has 0 bridgehead atoms. The summed E-state index contributed by atoms with van der Waals surface area (Å²) in [5.41, 5.74) is 0.196. The number of para-hydroxylation sites is 2. The Morgan fingerprint density at radius 1 is 0.923 bits per heavy atom. The standard InChI is InChI=1S/C20H18N2O4/c1-12(2)21-18(23)14-8-4-5-9-16(14)22-19(24)15-11-13-7-3-6-10-17(13)26-20(15)25/h3-12H,1-2H3,(H,21,23)(H,22,24). The summed E-state index contributed by atoms with van der Waals surface area (Å²) in [6.07, 6.45) is 0. The molecule has 0 saturated heterocycles. The summed E-state index contributed by atoms with van der Waals surface area (Å²) in [5.74, 6) is -0.934. The van der Waals surface area contributed by atoms with Crippen LogP contribution in [0.2, 0.25) is 0 Å². The molecular weight excluding hydrogens is 332 g/mol. The van der Waals surface area contributed by atoms with Gasteiger partial charge in [-0.3, -0.25) is 9.59 Å². The molecular formula is C20H18N2O4. The van der Waals surface area contributed by atoms with E-state index in [1.807, 2.05) is 13.8 Å². The van der Waals surface area contributed by atoms with Crippen molar-refractivity contribution in [3.05, 3.63) is 76.1 Å². The Bertz CT molecular complexity index is 1040. The Morgan fingerprint density at radius 2 is 1.62 bits per heavy atom. The van der Waals surface area contributed by atoms with Gasteiger partial charge in [-0.15, -0.1) is 0 Å². The van der Waals surface area contributed by atoms with E-state index in [1.54, 1.807) is 48.5 Å². The normalized spacial score (nSPS) is 10.7. The maximum Gasteiger partial charge on any atom is 0.349 e. The fourth-order valence-electron chi connectivity index (χ4n) is 2.54. The Morgan fingerprint density at radius 3 is 2.38 bits per heavy atom. The fraction of sp³-hybridized carbons (Fsp3) is 0.150. The van der Waals surface area contributed by atoms with Crippen molar-refractivity contribution in [1.29, 1.82) is 0 Å². The molecule has 6 nitrogen and oxygen atoms in total. The Kier molecular flexibility index (Phi) is 4.84. The van der Waals surface area contributed by atoms with E-state index >= 15 is 0 Å². The maximum absolute atomic E-state index is 12.6. The fourth-order valence-corrected chi connectivity index (χ4v) is 2.54. The van der Waals surface area contributed by atoms with Crippen LogP contribution in [0.4, 0.5) is 5.69 Å². The zero-order chi connectivity index (χ0) is 18.7. The third-order valence-corrected chi connectivity index (χ3v) is 3.73. The van der Waals surface area contributed by atoms with Gasteiger partial charge in [0, 0.05) is 11.4 Å². The van der Waals surface area contributed by atoms with E-state index in [-0.39, 0.29) is 17.5 Å². The smallest absolute Gasteiger partial charge is 0.349 e. The molecule has 0 atom stereocenters.